The van der Waals surface area contributed by atoms with Gasteiger partial charge in [0.25, 0.3) is 0 Å². The van der Waals surface area contributed by atoms with Crippen molar-refractivity contribution in [2.75, 3.05) is 19.3 Å². The number of sulfonamides is 1. The molecule has 6 nitrogen and oxygen atoms in total. The van der Waals surface area contributed by atoms with Gasteiger partial charge in [-0.05, 0) is 36.8 Å². The Labute approximate surface area is 178 Å². The first-order valence-electron chi connectivity index (χ1n) is 9.63. The second-order valence-electron chi connectivity index (χ2n) is 7.71. The fourth-order valence-electron chi connectivity index (χ4n) is 4.06. The largest absolute Gasteiger partial charge is 0.416 e. The van der Waals surface area contributed by atoms with Crippen LogP contribution in [0.25, 0.3) is 11.3 Å². The molecule has 0 saturated carbocycles. The number of aromatic nitrogens is 3. The molecular formula is C21H21F3N4O2S. The summed E-state index contributed by atoms with van der Waals surface area (Å²) in [4.78, 5) is 4.16. The fraction of sp³-hybridized carbons (Fsp3) is 0.333. The van der Waals surface area contributed by atoms with Gasteiger partial charge in [0, 0.05) is 42.7 Å². The minimum atomic E-state index is -4.54. The monoisotopic (exact) mass is 450 g/mol. The third-order valence-corrected chi connectivity index (χ3v) is 6.77. The predicted molar refractivity (Wildman–Crippen MR) is 110 cm³/mol. The molecule has 1 aromatic carbocycles. The Balaban J connectivity index is 1.77. The molecule has 0 spiro atoms. The molecule has 1 fully saturated rings. The molecule has 2 atom stereocenters. The summed E-state index contributed by atoms with van der Waals surface area (Å²) in [6.45, 7) is 1.86. The lowest BCUT2D eigenvalue weighted by atomic mass is 9.90. The molecule has 1 aliphatic rings. The van der Waals surface area contributed by atoms with Crippen LogP contribution in [0, 0.1) is 6.92 Å². The van der Waals surface area contributed by atoms with Crippen molar-refractivity contribution in [3.8, 4) is 11.3 Å². The highest BCUT2D eigenvalue weighted by Crippen LogP contribution is 2.43. The summed E-state index contributed by atoms with van der Waals surface area (Å²) in [5.41, 5.74) is 1.61. The highest BCUT2D eigenvalue weighted by molar-refractivity contribution is 7.88. The quantitative estimate of drug-likeness (QED) is 0.605. The van der Waals surface area contributed by atoms with E-state index in [0.717, 1.165) is 23.6 Å². The van der Waals surface area contributed by atoms with Gasteiger partial charge >= 0.3 is 6.18 Å². The van der Waals surface area contributed by atoms with E-state index in [1.54, 1.807) is 35.3 Å². The van der Waals surface area contributed by atoms with Gasteiger partial charge < -0.3 is 0 Å². The third-order valence-electron chi connectivity index (χ3n) is 5.53. The van der Waals surface area contributed by atoms with Crippen LogP contribution in [-0.2, 0) is 16.2 Å². The lowest BCUT2D eigenvalue weighted by molar-refractivity contribution is -0.138. The second kappa shape index (κ2) is 7.76. The minimum Gasteiger partial charge on any atom is -0.267 e. The maximum absolute atomic E-state index is 13.7. The molecule has 0 unspecified atom stereocenters. The van der Waals surface area contributed by atoms with E-state index in [9.17, 15) is 21.6 Å². The van der Waals surface area contributed by atoms with Crippen molar-refractivity contribution in [3.05, 3.63) is 71.7 Å². The minimum absolute atomic E-state index is 0.0415. The first kappa shape index (κ1) is 21.5. The Bertz CT molecular complexity index is 1210. The highest BCUT2D eigenvalue weighted by atomic mass is 32.2. The normalized spacial score (nSPS) is 20.3. The lowest BCUT2D eigenvalue weighted by Crippen LogP contribution is -2.28. The van der Waals surface area contributed by atoms with Gasteiger partial charge in [0.15, 0.2) is 0 Å². The average Bonchev–Trinajstić information content (AvgIpc) is 3.34. The number of benzene rings is 1. The molecule has 0 N–H and O–H groups in total. The molecule has 1 saturated heterocycles. The molecule has 0 amide bonds. The third kappa shape index (κ3) is 4.35. The van der Waals surface area contributed by atoms with Gasteiger partial charge in [0.1, 0.15) is 0 Å². The van der Waals surface area contributed by atoms with E-state index < -0.39 is 33.7 Å². The van der Waals surface area contributed by atoms with E-state index in [1.807, 2.05) is 13.0 Å². The second-order valence-corrected chi connectivity index (χ2v) is 9.69. The van der Waals surface area contributed by atoms with Gasteiger partial charge in [-0.25, -0.2) is 8.42 Å². The average molecular weight is 450 g/mol. The van der Waals surface area contributed by atoms with Gasteiger partial charge in [-0.1, -0.05) is 18.2 Å². The number of pyridine rings is 1. The summed E-state index contributed by atoms with van der Waals surface area (Å²) in [5, 5.41) is 4.57. The summed E-state index contributed by atoms with van der Waals surface area (Å²) >= 11 is 0. The van der Waals surface area contributed by atoms with Crippen molar-refractivity contribution in [2.24, 2.45) is 0 Å². The number of hydrogen-bond acceptors (Lipinski definition) is 4. The van der Waals surface area contributed by atoms with Crippen LogP contribution < -0.4 is 0 Å². The highest BCUT2D eigenvalue weighted by Gasteiger charge is 2.43. The predicted octanol–water partition coefficient (Wildman–Crippen LogP) is 3.87. The maximum atomic E-state index is 13.7. The Hall–Kier alpha value is -2.72. The standard InChI is InChI=1S/C21H21F3N4O2S/c1-14-11-15(7-9-25-14)19-8-10-28(26-19)20-13-27(31(2,29)30)12-17(20)16-5-3-4-6-18(16)21(22,23)24/h3-11,17,20H,12-13H2,1-2H3/t17-,20+/m0/s1. The van der Waals surface area contributed by atoms with Gasteiger partial charge in [0.05, 0.1) is 23.6 Å². The summed E-state index contributed by atoms with van der Waals surface area (Å²) in [7, 11) is -3.58. The fourth-order valence-corrected chi connectivity index (χ4v) is 4.91. The van der Waals surface area contributed by atoms with Crippen LogP contribution in [0.5, 0.6) is 0 Å². The molecule has 3 heterocycles. The molecular weight excluding hydrogens is 429 g/mol. The van der Waals surface area contributed by atoms with Crippen LogP contribution in [0.15, 0.2) is 54.9 Å². The van der Waals surface area contributed by atoms with Crippen molar-refractivity contribution in [3.63, 3.8) is 0 Å². The van der Waals surface area contributed by atoms with Gasteiger partial charge in [-0.15, -0.1) is 0 Å². The van der Waals surface area contributed by atoms with E-state index in [1.165, 1.54) is 16.4 Å². The topological polar surface area (TPSA) is 68.1 Å². The zero-order chi connectivity index (χ0) is 22.4. The van der Waals surface area contributed by atoms with Crippen molar-refractivity contribution in [1.82, 2.24) is 19.1 Å². The lowest BCUT2D eigenvalue weighted by Gasteiger charge is -2.23. The first-order valence-corrected chi connectivity index (χ1v) is 11.5. The Morgan fingerprint density at radius 3 is 2.52 bits per heavy atom. The number of aryl methyl sites for hydroxylation is 1. The molecule has 0 aliphatic carbocycles. The van der Waals surface area contributed by atoms with Gasteiger partial charge in [-0.3, -0.25) is 9.67 Å². The molecule has 4 rings (SSSR count). The van der Waals surface area contributed by atoms with Crippen molar-refractivity contribution in [2.45, 2.75) is 25.1 Å². The summed E-state index contributed by atoms with van der Waals surface area (Å²) in [6.07, 6.45) is -0.127. The SMILES string of the molecule is Cc1cc(-c2ccn([C@@H]3CN(S(C)(=O)=O)C[C@H]3c3ccccc3C(F)(F)F)n2)ccn1. The number of halogens is 3. The summed E-state index contributed by atoms with van der Waals surface area (Å²) in [6, 6.07) is 10.2. The molecule has 2 aromatic heterocycles. The number of hydrogen-bond donors (Lipinski definition) is 0. The molecule has 164 valence electrons. The van der Waals surface area contributed by atoms with Crippen molar-refractivity contribution in [1.29, 1.82) is 0 Å². The van der Waals surface area contributed by atoms with E-state index in [2.05, 4.69) is 10.1 Å². The van der Waals surface area contributed by atoms with Crippen molar-refractivity contribution < 1.29 is 21.6 Å². The molecule has 10 heteroatoms. The Morgan fingerprint density at radius 1 is 1.10 bits per heavy atom. The van der Waals surface area contributed by atoms with Crippen LogP contribution in [-0.4, -0.2) is 46.8 Å². The van der Waals surface area contributed by atoms with E-state index in [0.29, 0.717) is 5.69 Å². The number of alkyl halides is 3. The molecule has 0 bridgehead atoms. The number of rotatable bonds is 4. The van der Waals surface area contributed by atoms with Gasteiger partial charge in [0.2, 0.25) is 10.0 Å². The first-order chi connectivity index (χ1) is 14.5. The van der Waals surface area contributed by atoms with Crippen LogP contribution in [0.3, 0.4) is 0 Å². The number of nitrogens with zero attached hydrogens (tertiary/aromatic N) is 4. The van der Waals surface area contributed by atoms with Gasteiger partial charge in [-0.2, -0.15) is 22.6 Å². The van der Waals surface area contributed by atoms with Crippen LogP contribution in [0.4, 0.5) is 13.2 Å². The zero-order valence-electron chi connectivity index (χ0n) is 16.9. The molecule has 31 heavy (non-hydrogen) atoms. The summed E-state index contributed by atoms with van der Waals surface area (Å²) in [5.74, 6) is -0.695. The molecule has 0 radical (unpaired) electrons. The summed E-state index contributed by atoms with van der Waals surface area (Å²) < 4.78 is 68.2. The van der Waals surface area contributed by atoms with E-state index in [4.69, 9.17) is 0 Å². The zero-order valence-corrected chi connectivity index (χ0v) is 17.7. The smallest absolute Gasteiger partial charge is 0.267 e. The van der Waals surface area contributed by atoms with E-state index >= 15 is 0 Å². The maximum Gasteiger partial charge on any atom is 0.416 e. The Kier molecular flexibility index (Phi) is 5.38. The van der Waals surface area contributed by atoms with E-state index in [-0.39, 0.29) is 18.7 Å². The van der Waals surface area contributed by atoms with Crippen LogP contribution in [0.1, 0.15) is 28.8 Å². The van der Waals surface area contributed by atoms with Crippen LogP contribution >= 0.6 is 0 Å². The Morgan fingerprint density at radius 2 is 1.84 bits per heavy atom. The molecule has 3 aromatic rings. The van der Waals surface area contributed by atoms with Crippen LogP contribution in [0.2, 0.25) is 0 Å². The molecule has 1 aliphatic heterocycles. The van der Waals surface area contributed by atoms with Crippen molar-refractivity contribution >= 4 is 10.0 Å².